The second-order valence-electron chi connectivity index (χ2n) is 5.59. The molecule has 1 fully saturated rings. The van der Waals surface area contributed by atoms with Crippen LogP contribution in [0.3, 0.4) is 0 Å². The van der Waals surface area contributed by atoms with E-state index in [0.717, 1.165) is 12.8 Å². The van der Waals surface area contributed by atoms with E-state index in [2.05, 4.69) is 10.6 Å². The molecule has 0 aliphatic heterocycles. The van der Waals surface area contributed by atoms with Crippen molar-refractivity contribution in [2.45, 2.75) is 45.1 Å². The summed E-state index contributed by atoms with van der Waals surface area (Å²) in [5.74, 6) is -0.127. The monoisotopic (exact) mass is 289 g/mol. The van der Waals surface area contributed by atoms with Crippen molar-refractivity contribution in [3.63, 3.8) is 0 Å². The van der Waals surface area contributed by atoms with Crippen molar-refractivity contribution < 1.29 is 9.59 Å². The van der Waals surface area contributed by atoms with Gasteiger partial charge in [0.05, 0.1) is 0 Å². The van der Waals surface area contributed by atoms with Gasteiger partial charge in [-0.1, -0.05) is 25.3 Å². The van der Waals surface area contributed by atoms with Gasteiger partial charge in [-0.2, -0.15) is 0 Å². The number of carbonyl (C=O) groups is 2. The molecule has 5 nitrogen and oxygen atoms in total. The summed E-state index contributed by atoms with van der Waals surface area (Å²) in [4.78, 5) is 25.1. The van der Waals surface area contributed by atoms with Crippen LogP contribution >= 0.6 is 0 Å². The lowest BCUT2D eigenvalue weighted by Crippen LogP contribution is -2.40. The van der Waals surface area contributed by atoms with Gasteiger partial charge >= 0.3 is 6.03 Å². The van der Waals surface area contributed by atoms with Crippen molar-refractivity contribution >= 4 is 23.3 Å². The van der Waals surface area contributed by atoms with Crippen molar-refractivity contribution in [2.75, 3.05) is 17.7 Å². The molecule has 2 N–H and O–H groups in total. The third-order valence-corrected chi connectivity index (χ3v) is 3.88. The van der Waals surface area contributed by atoms with E-state index in [1.54, 1.807) is 17.0 Å². The molecule has 0 atom stereocenters. The fourth-order valence-corrected chi connectivity index (χ4v) is 2.72. The number of nitrogens with one attached hydrogen (secondary N) is 2. The number of hydrogen-bond donors (Lipinski definition) is 2. The standard InChI is InChI=1S/C16H23N3O2/c1-12(20)17-13-7-6-8-14(11-13)18-16(21)19(2)15-9-4-3-5-10-15/h6-8,11,15H,3-5,9-10H2,1-2H3,(H,17,20)(H,18,21). The molecule has 1 aromatic carbocycles. The highest BCUT2D eigenvalue weighted by Gasteiger charge is 2.21. The summed E-state index contributed by atoms with van der Waals surface area (Å²) in [5.41, 5.74) is 1.37. The maximum atomic E-state index is 12.3. The van der Waals surface area contributed by atoms with Gasteiger partial charge in [-0.3, -0.25) is 4.79 Å². The number of amides is 3. The van der Waals surface area contributed by atoms with E-state index in [1.807, 2.05) is 19.2 Å². The van der Waals surface area contributed by atoms with Gasteiger partial charge in [-0.15, -0.1) is 0 Å². The number of benzene rings is 1. The van der Waals surface area contributed by atoms with Crippen molar-refractivity contribution in [3.8, 4) is 0 Å². The smallest absolute Gasteiger partial charge is 0.321 e. The van der Waals surface area contributed by atoms with Crippen LogP contribution in [0.4, 0.5) is 16.2 Å². The Morgan fingerprint density at radius 3 is 2.33 bits per heavy atom. The van der Waals surface area contributed by atoms with E-state index in [1.165, 1.54) is 26.2 Å². The third kappa shape index (κ3) is 4.48. The molecule has 1 aromatic rings. The minimum Gasteiger partial charge on any atom is -0.326 e. The molecular formula is C16H23N3O2. The predicted octanol–water partition coefficient (Wildman–Crippen LogP) is 3.44. The largest absolute Gasteiger partial charge is 0.326 e. The van der Waals surface area contributed by atoms with Gasteiger partial charge in [0.15, 0.2) is 0 Å². The number of rotatable bonds is 3. The SMILES string of the molecule is CC(=O)Nc1cccc(NC(=O)N(C)C2CCCCC2)c1. The number of anilines is 2. The van der Waals surface area contributed by atoms with E-state index in [4.69, 9.17) is 0 Å². The van der Waals surface area contributed by atoms with Crippen LogP contribution < -0.4 is 10.6 Å². The molecule has 2 rings (SSSR count). The Morgan fingerprint density at radius 1 is 1.10 bits per heavy atom. The summed E-state index contributed by atoms with van der Waals surface area (Å²) in [5, 5.41) is 5.60. The lowest BCUT2D eigenvalue weighted by atomic mass is 9.95. The zero-order chi connectivity index (χ0) is 15.2. The Labute approximate surface area is 125 Å². The molecule has 1 saturated carbocycles. The van der Waals surface area contributed by atoms with Crippen LogP contribution in [0.5, 0.6) is 0 Å². The van der Waals surface area contributed by atoms with Gasteiger partial charge in [0.2, 0.25) is 5.91 Å². The molecule has 1 aliphatic carbocycles. The minimum atomic E-state index is -0.127. The van der Waals surface area contributed by atoms with Crippen LogP contribution in [-0.4, -0.2) is 29.9 Å². The quantitative estimate of drug-likeness (QED) is 0.895. The summed E-state index contributed by atoms with van der Waals surface area (Å²) in [6, 6.07) is 7.41. The van der Waals surface area contributed by atoms with Crippen LogP contribution in [0.1, 0.15) is 39.0 Å². The molecule has 114 valence electrons. The molecule has 5 heteroatoms. The average Bonchev–Trinajstić information content (AvgIpc) is 2.47. The Balaban J connectivity index is 1.96. The number of hydrogen-bond acceptors (Lipinski definition) is 2. The molecule has 0 heterocycles. The highest BCUT2D eigenvalue weighted by Crippen LogP contribution is 2.22. The third-order valence-electron chi connectivity index (χ3n) is 3.88. The highest BCUT2D eigenvalue weighted by atomic mass is 16.2. The van der Waals surface area contributed by atoms with Crippen LogP contribution in [-0.2, 0) is 4.79 Å². The zero-order valence-electron chi connectivity index (χ0n) is 12.7. The van der Waals surface area contributed by atoms with E-state index in [9.17, 15) is 9.59 Å². The summed E-state index contributed by atoms with van der Waals surface area (Å²) >= 11 is 0. The van der Waals surface area contributed by atoms with E-state index in [0.29, 0.717) is 17.4 Å². The van der Waals surface area contributed by atoms with E-state index >= 15 is 0 Å². The van der Waals surface area contributed by atoms with E-state index in [-0.39, 0.29) is 11.9 Å². The lowest BCUT2D eigenvalue weighted by Gasteiger charge is -2.31. The average molecular weight is 289 g/mol. The molecule has 0 saturated heterocycles. The van der Waals surface area contributed by atoms with Gasteiger partial charge in [0.1, 0.15) is 0 Å². The Hall–Kier alpha value is -2.04. The molecule has 0 aromatic heterocycles. The van der Waals surface area contributed by atoms with Gasteiger partial charge in [-0.05, 0) is 31.0 Å². The first-order valence-corrected chi connectivity index (χ1v) is 7.48. The molecule has 0 spiro atoms. The van der Waals surface area contributed by atoms with E-state index < -0.39 is 0 Å². The molecule has 0 unspecified atom stereocenters. The summed E-state index contributed by atoms with van der Waals surface area (Å²) in [6.45, 7) is 1.46. The van der Waals surface area contributed by atoms with Gasteiger partial charge in [-0.25, -0.2) is 4.79 Å². The Bertz CT molecular complexity index is 510. The fourth-order valence-electron chi connectivity index (χ4n) is 2.72. The lowest BCUT2D eigenvalue weighted by molar-refractivity contribution is -0.114. The number of carbonyl (C=O) groups excluding carboxylic acids is 2. The number of nitrogens with zero attached hydrogens (tertiary/aromatic N) is 1. The fraction of sp³-hybridized carbons (Fsp3) is 0.500. The summed E-state index contributed by atoms with van der Waals surface area (Å²) in [6.07, 6.45) is 5.82. The van der Waals surface area contributed by atoms with Gasteiger partial charge in [0, 0.05) is 31.4 Å². The van der Waals surface area contributed by atoms with Crippen LogP contribution in [0, 0.1) is 0 Å². The van der Waals surface area contributed by atoms with Crippen molar-refractivity contribution in [1.29, 1.82) is 0 Å². The maximum Gasteiger partial charge on any atom is 0.321 e. The molecule has 21 heavy (non-hydrogen) atoms. The molecular weight excluding hydrogens is 266 g/mol. The van der Waals surface area contributed by atoms with Crippen molar-refractivity contribution in [2.24, 2.45) is 0 Å². The first kappa shape index (κ1) is 15.4. The highest BCUT2D eigenvalue weighted by molar-refractivity contribution is 5.92. The second-order valence-corrected chi connectivity index (χ2v) is 5.59. The van der Waals surface area contributed by atoms with Crippen LogP contribution in [0.25, 0.3) is 0 Å². The normalized spacial score (nSPS) is 15.3. The van der Waals surface area contributed by atoms with Gasteiger partial charge < -0.3 is 15.5 Å². The Kier molecular flexibility index (Phi) is 5.20. The zero-order valence-corrected chi connectivity index (χ0v) is 12.7. The van der Waals surface area contributed by atoms with Crippen LogP contribution in [0.15, 0.2) is 24.3 Å². The molecule has 0 bridgehead atoms. The molecule has 0 radical (unpaired) electrons. The van der Waals surface area contributed by atoms with Crippen molar-refractivity contribution in [3.05, 3.63) is 24.3 Å². The Morgan fingerprint density at radius 2 is 1.71 bits per heavy atom. The summed E-state index contributed by atoms with van der Waals surface area (Å²) in [7, 11) is 1.85. The number of urea groups is 1. The predicted molar refractivity (Wildman–Crippen MR) is 84.4 cm³/mol. The second kappa shape index (κ2) is 7.11. The minimum absolute atomic E-state index is 0.0955. The topological polar surface area (TPSA) is 61.4 Å². The molecule has 3 amide bonds. The summed E-state index contributed by atoms with van der Waals surface area (Å²) < 4.78 is 0. The molecule has 1 aliphatic rings. The first-order chi connectivity index (χ1) is 10.1. The van der Waals surface area contributed by atoms with Crippen LogP contribution in [0.2, 0.25) is 0 Å². The first-order valence-electron chi connectivity index (χ1n) is 7.48. The maximum absolute atomic E-state index is 12.3. The van der Waals surface area contributed by atoms with Gasteiger partial charge in [0.25, 0.3) is 0 Å². The van der Waals surface area contributed by atoms with Crippen molar-refractivity contribution in [1.82, 2.24) is 4.90 Å².